The normalized spacial score (nSPS) is 33.2. The van der Waals surface area contributed by atoms with Gasteiger partial charge >= 0.3 is 0 Å². The molecule has 0 radical (unpaired) electrons. The van der Waals surface area contributed by atoms with Crippen LogP contribution in [0, 0.1) is 5.92 Å². The number of aliphatic hydroxyl groups is 1. The van der Waals surface area contributed by atoms with E-state index < -0.39 is 6.10 Å². The molecule has 4 atom stereocenters. The highest BCUT2D eigenvalue weighted by molar-refractivity contribution is 5.83. The van der Waals surface area contributed by atoms with E-state index >= 15 is 0 Å². The number of amides is 1. The molecule has 1 aliphatic heterocycles. The Kier molecular flexibility index (Phi) is 3.29. The molecular weight excluding hydrogens is 240 g/mol. The molecule has 2 fully saturated rings. The highest BCUT2D eigenvalue weighted by Gasteiger charge is 2.47. The van der Waals surface area contributed by atoms with E-state index in [9.17, 15) is 9.90 Å². The fraction of sp³-hybridized carbons (Fsp3) is 0.533. The van der Waals surface area contributed by atoms with Crippen LogP contribution in [0.2, 0.25) is 0 Å². The Hall–Kier alpha value is -1.39. The van der Waals surface area contributed by atoms with Gasteiger partial charge in [0.05, 0.1) is 12.1 Å². The lowest BCUT2D eigenvalue weighted by Gasteiger charge is -2.26. The summed E-state index contributed by atoms with van der Waals surface area (Å²) < 4.78 is 0. The first-order valence-corrected chi connectivity index (χ1v) is 6.89. The molecule has 4 nitrogen and oxygen atoms in total. The number of hydrogen-bond donors (Lipinski definition) is 2. The number of hydrogen-bond acceptors (Lipinski definition) is 3. The van der Waals surface area contributed by atoms with Gasteiger partial charge in [-0.05, 0) is 17.9 Å². The number of nitrogens with one attached hydrogen (secondary N) is 1. The molecule has 1 aliphatic carbocycles. The van der Waals surface area contributed by atoms with E-state index in [1.165, 1.54) is 5.56 Å². The van der Waals surface area contributed by atoms with Crippen molar-refractivity contribution in [3.8, 4) is 0 Å². The minimum absolute atomic E-state index is 0.0791. The zero-order valence-corrected chi connectivity index (χ0v) is 11.1. The average molecular weight is 260 g/mol. The van der Waals surface area contributed by atoms with Crippen molar-refractivity contribution in [1.82, 2.24) is 10.2 Å². The quantitative estimate of drug-likeness (QED) is 0.836. The van der Waals surface area contributed by atoms with Gasteiger partial charge < -0.3 is 15.3 Å². The van der Waals surface area contributed by atoms with Crippen molar-refractivity contribution in [2.75, 3.05) is 20.1 Å². The zero-order chi connectivity index (χ0) is 13.4. The van der Waals surface area contributed by atoms with Gasteiger partial charge in [0.25, 0.3) is 0 Å². The van der Waals surface area contributed by atoms with Crippen LogP contribution in [0.5, 0.6) is 0 Å². The molecule has 3 rings (SSSR count). The molecule has 4 heteroatoms. The third-order valence-electron chi connectivity index (χ3n) is 4.33. The predicted octanol–water partition coefficient (Wildman–Crippen LogP) is 0.581. The number of carbonyl (C=O) groups is 1. The first-order valence-electron chi connectivity index (χ1n) is 6.89. The lowest BCUT2D eigenvalue weighted by molar-refractivity contribution is -0.134. The fourth-order valence-corrected chi connectivity index (χ4v) is 3.01. The summed E-state index contributed by atoms with van der Waals surface area (Å²) in [5.74, 6) is 0.629. The lowest BCUT2D eigenvalue weighted by atomic mass is 10.1. The lowest BCUT2D eigenvalue weighted by Crippen LogP contribution is -2.45. The van der Waals surface area contributed by atoms with Gasteiger partial charge in [-0.3, -0.25) is 4.79 Å². The Bertz CT molecular complexity index is 462. The van der Waals surface area contributed by atoms with E-state index in [0.29, 0.717) is 19.0 Å². The van der Waals surface area contributed by atoms with Crippen LogP contribution < -0.4 is 5.32 Å². The average Bonchev–Trinajstić information content (AvgIpc) is 3.13. The van der Waals surface area contributed by atoms with Gasteiger partial charge in [0.2, 0.25) is 5.91 Å². The van der Waals surface area contributed by atoms with E-state index in [0.717, 1.165) is 6.42 Å². The first kappa shape index (κ1) is 12.6. The van der Waals surface area contributed by atoms with E-state index in [2.05, 4.69) is 17.4 Å². The number of rotatable bonds is 3. The van der Waals surface area contributed by atoms with Gasteiger partial charge in [-0.15, -0.1) is 0 Å². The molecule has 1 saturated heterocycles. The van der Waals surface area contributed by atoms with Crippen LogP contribution in [0.25, 0.3) is 0 Å². The van der Waals surface area contributed by atoms with Crippen molar-refractivity contribution in [1.29, 1.82) is 0 Å². The molecule has 0 aromatic heterocycles. The van der Waals surface area contributed by atoms with Crippen LogP contribution in [-0.2, 0) is 4.79 Å². The molecule has 19 heavy (non-hydrogen) atoms. The summed E-state index contributed by atoms with van der Waals surface area (Å²) in [5.41, 5.74) is 1.25. The largest absolute Gasteiger partial charge is 0.390 e. The SMILES string of the molecule is CN(C(=O)C1CC1c1ccccc1)[C@@H]1CNC[C@H]1O. The molecule has 2 N–H and O–H groups in total. The summed E-state index contributed by atoms with van der Waals surface area (Å²) in [6, 6.07) is 10.1. The van der Waals surface area contributed by atoms with Crippen molar-refractivity contribution >= 4 is 5.91 Å². The van der Waals surface area contributed by atoms with Gasteiger partial charge in [-0.2, -0.15) is 0 Å². The molecule has 1 amide bonds. The number of carbonyl (C=O) groups excluding carboxylic acids is 1. The van der Waals surface area contributed by atoms with Crippen LogP contribution >= 0.6 is 0 Å². The van der Waals surface area contributed by atoms with E-state index in [1.54, 1.807) is 4.90 Å². The van der Waals surface area contributed by atoms with Gasteiger partial charge in [0.1, 0.15) is 0 Å². The number of nitrogens with zero attached hydrogens (tertiary/aromatic N) is 1. The van der Waals surface area contributed by atoms with Gasteiger partial charge in [-0.1, -0.05) is 30.3 Å². The summed E-state index contributed by atoms with van der Waals surface area (Å²) in [6.07, 6.45) is 0.492. The second kappa shape index (κ2) is 4.94. The maximum Gasteiger partial charge on any atom is 0.226 e. The van der Waals surface area contributed by atoms with Crippen molar-refractivity contribution in [3.63, 3.8) is 0 Å². The Morgan fingerprint density at radius 2 is 2.05 bits per heavy atom. The second-order valence-electron chi connectivity index (χ2n) is 5.60. The van der Waals surface area contributed by atoms with Gasteiger partial charge in [0.15, 0.2) is 0 Å². The van der Waals surface area contributed by atoms with Crippen LogP contribution in [0.15, 0.2) is 30.3 Å². The monoisotopic (exact) mass is 260 g/mol. The molecule has 1 saturated carbocycles. The molecule has 2 unspecified atom stereocenters. The van der Waals surface area contributed by atoms with E-state index in [1.807, 2.05) is 25.2 Å². The van der Waals surface area contributed by atoms with Crippen molar-refractivity contribution in [2.24, 2.45) is 5.92 Å². The van der Waals surface area contributed by atoms with Crippen molar-refractivity contribution in [3.05, 3.63) is 35.9 Å². The van der Waals surface area contributed by atoms with Gasteiger partial charge in [-0.25, -0.2) is 0 Å². The Labute approximate surface area is 113 Å². The summed E-state index contributed by atoms with van der Waals surface area (Å²) in [4.78, 5) is 14.1. The fourth-order valence-electron chi connectivity index (χ4n) is 3.01. The van der Waals surface area contributed by atoms with Crippen LogP contribution in [0.3, 0.4) is 0 Å². The smallest absolute Gasteiger partial charge is 0.226 e. The second-order valence-corrected chi connectivity index (χ2v) is 5.60. The zero-order valence-electron chi connectivity index (χ0n) is 11.1. The summed E-state index contributed by atoms with van der Waals surface area (Å²) in [5, 5.41) is 13.0. The summed E-state index contributed by atoms with van der Waals surface area (Å²) >= 11 is 0. The topological polar surface area (TPSA) is 52.6 Å². The molecule has 1 aromatic rings. The minimum Gasteiger partial charge on any atom is -0.390 e. The predicted molar refractivity (Wildman–Crippen MR) is 72.7 cm³/mol. The Morgan fingerprint density at radius 3 is 2.68 bits per heavy atom. The molecule has 102 valence electrons. The number of likely N-dealkylation sites (N-methyl/N-ethyl adjacent to an activating group) is 1. The first-order chi connectivity index (χ1) is 9.18. The number of benzene rings is 1. The van der Waals surface area contributed by atoms with Crippen LogP contribution in [0.4, 0.5) is 0 Å². The molecule has 1 aromatic carbocycles. The molecule has 2 aliphatic rings. The maximum atomic E-state index is 12.4. The molecular formula is C15H20N2O2. The summed E-state index contributed by atoms with van der Waals surface area (Å²) in [6.45, 7) is 1.27. The third-order valence-corrected chi connectivity index (χ3v) is 4.33. The highest BCUT2D eigenvalue weighted by atomic mass is 16.3. The number of aliphatic hydroxyl groups excluding tert-OH is 1. The molecule has 0 spiro atoms. The van der Waals surface area contributed by atoms with E-state index in [4.69, 9.17) is 0 Å². The standard InChI is InChI=1S/C15H20N2O2/c1-17(13-8-16-9-14(13)18)15(19)12-7-11(12)10-5-3-2-4-6-10/h2-6,11-14,16,18H,7-9H2,1H3/t11?,12?,13-,14-/m1/s1. The van der Waals surface area contributed by atoms with Gasteiger partial charge in [0, 0.05) is 26.1 Å². The Balaban J connectivity index is 1.63. The molecule has 1 heterocycles. The maximum absolute atomic E-state index is 12.4. The van der Waals surface area contributed by atoms with Crippen molar-refractivity contribution < 1.29 is 9.90 Å². The number of β-amino-alcohol motifs (C(OH)–C–C–N with tert-alkyl or cyclic N) is 1. The third kappa shape index (κ3) is 2.38. The van der Waals surface area contributed by atoms with E-state index in [-0.39, 0.29) is 17.9 Å². The Morgan fingerprint density at radius 1 is 1.32 bits per heavy atom. The summed E-state index contributed by atoms with van der Waals surface area (Å²) in [7, 11) is 1.81. The highest BCUT2D eigenvalue weighted by Crippen LogP contribution is 2.48. The molecule has 0 bridgehead atoms. The van der Waals surface area contributed by atoms with Crippen molar-refractivity contribution in [2.45, 2.75) is 24.5 Å². The van der Waals surface area contributed by atoms with Crippen LogP contribution in [0.1, 0.15) is 17.9 Å². The minimum atomic E-state index is -0.442. The van der Waals surface area contributed by atoms with Crippen LogP contribution in [-0.4, -0.2) is 48.2 Å².